The van der Waals surface area contributed by atoms with Gasteiger partial charge in [-0.15, -0.1) is 5.10 Å². The second kappa shape index (κ2) is 9.36. The van der Waals surface area contributed by atoms with Crippen molar-refractivity contribution in [1.29, 1.82) is 0 Å². The largest absolute Gasteiger partial charge is 0.440 e. The summed E-state index contributed by atoms with van der Waals surface area (Å²) in [6.07, 6.45) is 2.87. The summed E-state index contributed by atoms with van der Waals surface area (Å²) in [6.45, 7) is 6.56. The molecule has 2 aromatic heterocycles. The standard InChI is InChI=1S/C21H27N5O4/c1-3-28-19(29-4-2)14-26-13-17(23-24-26)21(27)25-11-9-15(10-12-25)20-22-16-7-5-6-8-18(16)30-20/h5-8,13,15,19H,3-4,9-12,14H2,1-2H3. The molecule has 1 aromatic carbocycles. The SMILES string of the molecule is CCOC(Cn1cc(C(=O)N2CCC(c3nc4ccccc4o3)CC2)nn1)OCC. The van der Waals surface area contributed by atoms with E-state index >= 15 is 0 Å². The van der Waals surface area contributed by atoms with Gasteiger partial charge < -0.3 is 18.8 Å². The van der Waals surface area contributed by atoms with E-state index < -0.39 is 6.29 Å². The van der Waals surface area contributed by atoms with Crippen molar-refractivity contribution in [1.82, 2.24) is 24.9 Å². The fourth-order valence-electron chi connectivity index (χ4n) is 3.72. The number of amides is 1. The third-order valence-electron chi connectivity index (χ3n) is 5.24. The van der Waals surface area contributed by atoms with Gasteiger partial charge >= 0.3 is 0 Å². The summed E-state index contributed by atoms with van der Waals surface area (Å²) in [6, 6.07) is 7.77. The van der Waals surface area contributed by atoms with E-state index in [1.807, 2.05) is 43.0 Å². The second-order valence-corrected chi connectivity index (χ2v) is 7.25. The molecular formula is C21H27N5O4. The minimum Gasteiger partial charge on any atom is -0.440 e. The van der Waals surface area contributed by atoms with Crippen LogP contribution in [-0.2, 0) is 16.0 Å². The summed E-state index contributed by atoms with van der Waals surface area (Å²) in [4.78, 5) is 19.3. The molecule has 0 atom stereocenters. The number of fused-ring (bicyclic) bond motifs is 1. The number of nitrogens with zero attached hydrogens (tertiary/aromatic N) is 5. The minimum absolute atomic E-state index is 0.110. The molecular weight excluding hydrogens is 386 g/mol. The normalized spacial score (nSPS) is 15.4. The van der Waals surface area contributed by atoms with Gasteiger partial charge in [0, 0.05) is 32.2 Å². The lowest BCUT2D eigenvalue weighted by atomic mass is 9.96. The Balaban J connectivity index is 1.34. The van der Waals surface area contributed by atoms with Crippen LogP contribution in [0.1, 0.15) is 49.0 Å². The van der Waals surface area contributed by atoms with Gasteiger partial charge in [-0.25, -0.2) is 9.67 Å². The molecule has 0 radical (unpaired) electrons. The number of oxazole rings is 1. The fourth-order valence-corrected chi connectivity index (χ4v) is 3.72. The number of carbonyl (C=O) groups excluding carboxylic acids is 1. The average Bonchev–Trinajstić information content (AvgIpc) is 3.41. The van der Waals surface area contributed by atoms with Crippen molar-refractivity contribution in [3.8, 4) is 0 Å². The van der Waals surface area contributed by atoms with E-state index in [9.17, 15) is 4.79 Å². The molecule has 0 bridgehead atoms. The third kappa shape index (κ3) is 4.52. The quantitative estimate of drug-likeness (QED) is 0.524. The first-order valence-corrected chi connectivity index (χ1v) is 10.5. The van der Waals surface area contributed by atoms with Crippen molar-refractivity contribution in [3.05, 3.63) is 42.0 Å². The Morgan fingerprint density at radius 3 is 2.63 bits per heavy atom. The zero-order valence-electron chi connectivity index (χ0n) is 17.4. The van der Waals surface area contributed by atoms with Gasteiger partial charge in [-0.1, -0.05) is 17.3 Å². The smallest absolute Gasteiger partial charge is 0.276 e. The van der Waals surface area contributed by atoms with Crippen molar-refractivity contribution >= 4 is 17.0 Å². The van der Waals surface area contributed by atoms with Crippen LogP contribution in [-0.4, -0.2) is 63.4 Å². The maximum absolute atomic E-state index is 12.8. The van der Waals surface area contributed by atoms with Gasteiger partial charge in [0.25, 0.3) is 5.91 Å². The molecule has 3 heterocycles. The summed E-state index contributed by atoms with van der Waals surface area (Å²) < 4.78 is 18.5. The molecule has 0 unspecified atom stereocenters. The number of piperidine rings is 1. The molecule has 1 aliphatic rings. The van der Waals surface area contributed by atoms with Crippen molar-refractivity contribution < 1.29 is 18.7 Å². The van der Waals surface area contributed by atoms with Crippen LogP contribution in [0, 0.1) is 0 Å². The van der Waals surface area contributed by atoms with Crippen molar-refractivity contribution in [2.45, 2.75) is 45.4 Å². The topological polar surface area (TPSA) is 95.5 Å². The Morgan fingerprint density at radius 2 is 1.93 bits per heavy atom. The Bertz CT molecular complexity index is 938. The fraction of sp³-hybridized carbons (Fsp3) is 0.524. The molecule has 9 heteroatoms. The summed E-state index contributed by atoms with van der Waals surface area (Å²) in [5.74, 6) is 0.865. The molecule has 9 nitrogen and oxygen atoms in total. The van der Waals surface area contributed by atoms with E-state index in [-0.39, 0.29) is 11.8 Å². The van der Waals surface area contributed by atoms with E-state index in [2.05, 4.69) is 15.3 Å². The number of likely N-dealkylation sites (tertiary alicyclic amines) is 1. The van der Waals surface area contributed by atoms with E-state index in [4.69, 9.17) is 13.9 Å². The molecule has 0 saturated carbocycles. The number of hydrogen-bond donors (Lipinski definition) is 0. The molecule has 3 aromatic rings. The Hall–Kier alpha value is -2.78. The molecule has 1 amide bonds. The Labute approximate surface area is 175 Å². The van der Waals surface area contributed by atoms with Crippen LogP contribution in [0.25, 0.3) is 11.1 Å². The van der Waals surface area contributed by atoms with Crippen LogP contribution in [0.3, 0.4) is 0 Å². The van der Waals surface area contributed by atoms with E-state index in [1.165, 1.54) is 0 Å². The number of ether oxygens (including phenoxy) is 2. The van der Waals surface area contributed by atoms with Crippen LogP contribution in [0.5, 0.6) is 0 Å². The summed E-state index contributed by atoms with van der Waals surface area (Å²) >= 11 is 0. The highest BCUT2D eigenvalue weighted by Gasteiger charge is 2.28. The Kier molecular flexibility index (Phi) is 6.39. The first-order chi connectivity index (χ1) is 14.7. The number of aromatic nitrogens is 4. The maximum atomic E-state index is 12.8. The molecule has 1 aliphatic heterocycles. The number of carbonyl (C=O) groups is 1. The third-order valence-corrected chi connectivity index (χ3v) is 5.24. The lowest BCUT2D eigenvalue weighted by molar-refractivity contribution is -0.145. The van der Waals surface area contributed by atoms with Crippen LogP contribution in [0.2, 0.25) is 0 Å². The van der Waals surface area contributed by atoms with Gasteiger partial charge in [0.1, 0.15) is 5.52 Å². The number of benzene rings is 1. The van der Waals surface area contributed by atoms with Gasteiger partial charge in [-0.3, -0.25) is 4.79 Å². The predicted octanol–water partition coefficient (Wildman–Crippen LogP) is 2.84. The lowest BCUT2D eigenvalue weighted by Crippen LogP contribution is -2.38. The van der Waals surface area contributed by atoms with Crippen LogP contribution < -0.4 is 0 Å². The highest BCUT2D eigenvalue weighted by Crippen LogP contribution is 2.30. The zero-order chi connectivity index (χ0) is 20.9. The van der Waals surface area contributed by atoms with E-state index in [1.54, 1.807) is 10.9 Å². The lowest BCUT2D eigenvalue weighted by Gasteiger charge is -2.29. The average molecular weight is 413 g/mol. The predicted molar refractivity (Wildman–Crippen MR) is 109 cm³/mol. The second-order valence-electron chi connectivity index (χ2n) is 7.25. The van der Waals surface area contributed by atoms with Gasteiger partial charge in [-0.05, 0) is 38.8 Å². The van der Waals surface area contributed by atoms with Gasteiger partial charge in [0.05, 0.1) is 12.7 Å². The number of para-hydroxylation sites is 2. The van der Waals surface area contributed by atoms with Crippen molar-refractivity contribution in [2.24, 2.45) is 0 Å². The molecule has 1 saturated heterocycles. The number of hydrogen-bond acceptors (Lipinski definition) is 7. The van der Waals surface area contributed by atoms with Crippen LogP contribution in [0.4, 0.5) is 0 Å². The van der Waals surface area contributed by atoms with E-state index in [0.717, 1.165) is 29.8 Å². The minimum atomic E-state index is -0.406. The van der Waals surface area contributed by atoms with Gasteiger partial charge in [0.15, 0.2) is 23.5 Å². The highest BCUT2D eigenvalue weighted by atomic mass is 16.7. The zero-order valence-corrected chi connectivity index (χ0v) is 17.4. The molecule has 160 valence electrons. The van der Waals surface area contributed by atoms with Gasteiger partial charge in [-0.2, -0.15) is 0 Å². The first kappa shape index (κ1) is 20.5. The van der Waals surface area contributed by atoms with E-state index in [0.29, 0.717) is 38.5 Å². The Morgan fingerprint density at radius 1 is 1.20 bits per heavy atom. The van der Waals surface area contributed by atoms with Crippen LogP contribution in [0.15, 0.2) is 34.9 Å². The molecule has 0 aliphatic carbocycles. The monoisotopic (exact) mass is 413 g/mol. The molecule has 0 N–H and O–H groups in total. The molecule has 30 heavy (non-hydrogen) atoms. The summed E-state index contributed by atoms with van der Waals surface area (Å²) in [5.41, 5.74) is 2.02. The summed E-state index contributed by atoms with van der Waals surface area (Å²) in [5, 5.41) is 8.11. The van der Waals surface area contributed by atoms with Gasteiger partial charge in [0.2, 0.25) is 0 Å². The molecule has 0 spiro atoms. The van der Waals surface area contributed by atoms with Crippen molar-refractivity contribution in [3.63, 3.8) is 0 Å². The molecule has 1 fully saturated rings. The molecule has 4 rings (SSSR count). The van der Waals surface area contributed by atoms with Crippen LogP contribution >= 0.6 is 0 Å². The highest BCUT2D eigenvalue weighted by molar-refractivity contribution is 5.92. The first-order valence-electron chi connectivity index (χ1n) is 10.5. The number of rotatable bonds is 8. The van der Waals surface area contributed by atoms with Crippen molar-refractivity contribution in [2.75, 3.05) is 26.3 Å². The maximum Gasteiger partial charge on any atom is 0.276 e. The summed E-state index contributed by atoms with van der Waals surface area (Å²) in [7, 11) is 0.